The lowest BCUT2D eigenvalue weighted by Gasteiger charge is -2.24. The number of aliphatic carboxylic acids is 1. The van der Waals surface area contributed by atoms with Crippen LogP contribution in [0.15, 0.2) is 24.4 Å². The summed E-state index contributed by atoms with van der Waals surface area (Å²) in [5, 5.41) is 9.46. The molecule has 9 nitrogen and oxygen atoms in total. The summed E-state index contributed by atoms with van der Waals surface area (Å²) in [5.74, 6) is 0.252. The van der Waals surface area contributed by atoms with Crippen LogP contribution in [0.25, 0.3) is 11.4 Å². The van der Waals surface area contributed by atoms with Gasteiger partial charge in [-0.15, -0.1) is 0 Å². The Kier molecular flexibility index (Phi) is 4.67. The number of carbonyl (C=O) groups excluding carboxylic acids is 1. The molecule has 1 amide bonds. The predicted molar refractivity (Wildman–Crippen MR) is 105 cm³/mol. The van der Waals surface area contributed by atoms with Gasteiger partial charge in [-0.2, -0.15) is 0 Å². The van der Waals surface area contributed by atoms with Crippen LogP contribution in [0.2, 0.25) is 0 Å². The summed E-state index contributed by atoms with van der Waals surface area (Å²) in [6.45, 7) is 0.976. The topological polar surface area (TPSA) is 97.1 Å². The number of carboxylic acid groups (broad SMARTS) is 1. The van der Waals surface area contributed by atoms with Crippen molar-refractivity contribution < 1.29 is 33.0 Å². The van der Waals surface area contributed by atoms with E-state index >= 15 is 0 Å². The second-order valence-corrected chi connectivity index (χ2v) is 7.68. The maximum absolute atomic E-state index is 13.3. The predicted octanol–water partition coefficient (Wildman–Crippen LogP) is 2.59. The van der Waals surface area contributed by atoms with Gasteiger partial charge in [0.25, 0.3) is 6.43 Å². The summed E-state index contributed by atoms with van der Waals surface area (Å²) >= 11 is 0. The summed E-state index contributed by atoms with van der Waals surface area (Å²) < 4.78 is 39.1. The van der Waals surface area contributed by atoms with Gasteiger partial charge in [-0.05, 0) is 25.0 Å². The maximum atomic E-state index is 13.3. The molecule has 2 saturated heterocycles. The van der Waals surface area contributed by atoms with Crippen LogP contribution >= 0.6 is 0 Å². The van der Waals surface area contributed by atoms with Gasteiger partial charge in [-0.3, -0.25) is 0 Å². The number of alkyl halides is 2. The SMILES string of the molecule is O=C(O)[C@@H]1CCCN1c1ccc2c(c1)OCCn1cc(N3C(=O)OC[C@H]3C(F)F)nc1-2. The fourth-order valence-corrected chi connectivity index (χ4v) is 4.37. The molecule has 11 heteroatoms. The first kappa shape index (κ1) is 19.6. The Labute approximate surface area is 175 Å². The Balaban J connectivity index is 1.51. The van der Waals surface area contributed by atoms with Gasteiger partial charge in [-0.25, -0.2) is 28.3 Å². The van der Waals surface area contributed by atoms with Crippen LogP contribution in [0.1, 0.15) is 12.8 Å². The van der Waals surface area contributed by atoms with Crippen LogP contribution in [-0.2, 0) is 16.1 Å². The minimum absolute atomic E-state index is 0.102. The molecule has 4 heterocycles. The van der Waals surface area contributed by atoms with Gasteiger partial charge in [0.1, 0.15) is 36.9 Å². The lowest BCUT2D eigenvalue weighted by atomic mass is 10.1. The van der Waals surface area contributed by atoms with E-state index in [9.17, 15) is 23.5 Å². The van der Waals surface area contributed by atoms with E-state index in [0.717, 1.165) is 17.0 Å². The Morgan fingerprint density at radius 1 is 1.26 bits per heavy atom. The third-order valence-corrected chi connectivity index (χ3v) is 5.87. The van der Waals surface area contributed by atoms with Crippen LogP contribution in [0.4, 0.5) is 25.1 Å². The second-order valence-electron chi connectivity index (χ2n) is 7.68. The van der Waals surface area contributed by atoms with Crippen molar-refractivity contribution in [3.63, 3.8) is 0 Å². The van der Waals surface area contributed by atoms with Crippen molar-refractivity contribution in [2.24, 2.45) is 0 Å². The number of carboxylic acids is 1. The molecular formula is C20H20F2N4O5. The third-order valence-electron chi connectivity index (χ3n) is 5.87. The number of benzene rings is 1. The number of fused-ring (bicyclic) bond motifs is 3. The summed E-state index contributed by atoms with van der Waals surface area (Å²) in [5.41, 5.74) is 1.38. The molecule has 0 bridgehead atoms. The van der Waals surface area contributed by atoms with E-state index in [4.69, 9.17) is 9.47 Å². The average molecular weight is 434 g/mol. The quantitative estimate of drug-likeness (QED) is 0.790. The first-order chi connectivity index (χ1) is 14.9. The number of aromatic nitrogens is 2. The highest BCUT2D eigenvalue weighted by atomic mass is 19.3. The number of hydrogen-bond donors (Lipinski definition) is 1. The van der Waals surface area contributed by atoms with Gasteiger partial charge in [0.05, 0.1) is 12.1 Å². The molecule has 2 atom stereocenters. The normalized spacial score (nSPS) is 22.7. The molecule has 1 aromatic carbocycles. The lowest BCUT2D eigenvalue weighted by molar-refractivity contribution is -0.138. The van der Waals surface area contributed by atoms with Crippen LogP contribution in [0, 0.1) is 0 Å². The second kappa shape index (κ2) is 7.40. The Hall–Kier alpha value is -3.37. The van der Waals surface area contributed by atoms with Crippen molar-refractivity contribution in [2.45, 2.75) is 37.9 Å². The van der Waals surface area contributed by atoms with E-state index in [1.807, 2.05) is 4.90 Å². The molecule has 1 aromatic heterocycles. The van der Waals surface area contributed by atoms with Crippen molar-refractivity contribution in [1.29, 1.82) is 0 Å². The van der Waals surface area contributed by atoms with Gasteiger partial charge in [-0.1, -0.05) is 0 Å². The zero-order valence-corrected chi connectivity index (χ0v) is 16.4. The van der Waals surface area contributed by atoms with E-state index < -0.39 is 30.6 Å². The number of amides is 1. The largest absolute Gasteiger partial charge is 0.491 e. The first-order valence-electron chi connectivity index (χ1n) is 10.0. The summed E-state index contributed by atoms with van der Waals surface area (Å²) in [4.78, 5) is 30.8. The molecule has 5 rings (SSSR count). The zero-order chi connectivity index (χ0) is 21.7. The van der Waals surface area contributed by atoms with Crippen LogP contribution in [0.3, 0.4) is 0 Å². The number of carbonyl (C=O) groups is 2. The molecule has 0 spiro atoms. The number of imidazole rings is 1. The van der Waals surface area contributed by atoms with E-state index in [2.05, 4.69) is 4.98 Å². The number of nitrogens with zero attached hydrogens (tertiary/aromatic N) is 4. The number of rotatable bonds is 4. The summed E-state index contributed by atoms with van der Waals surface area (Å²) in [6, 6.07) is 3.41. The Bertz CT molecular complexity index is 1040. The number of cyclic esters (lactones) is 1. The molecule has 2 fully saturated rings. The highest BCUT2D eigenvalue weighted by Crippen LogP contribution is 2.38. The molecule has 3 aliphatic rings. The molecule has 2 aromatic rings. The van der Waals surface area contributed by atoms with Crippen LogP contribution < -0.4 is 14.5 Å². The van der Waals surface area contributed by atoms with E-state index in [-0.39, 0.29) is 12.4 Å². The fourth-order valence-electron chi connectivity index (χ4n) is 4.37. The van der Waals surface area contributed by atoms with Gasteiger partial charge in [0.2, 0.25) is 0 Å². The number of halogens is 2. The fraction of sp³-hybridized carbons (Fsp3) is 0.450. The highest BCUT2D eigenvalue weighted by Gasteiger charge is 2.42. The minimum Gasteiger partial charge on any atom is -0.491 e. The number of ether oxygens (including phenoxy) is 2. The average Bonchev–Trinajstić information content (AvgIpc) is 3.44. The number of hydrogen-bond acceptors (Lipinski definition) is 6. The number of anilines is 2. The zero-order valence-electron chi connectivity index (χ0n) is 16.4. The maximum Gasteiger partial charge on any atom is 0.416 e. The monoisotopic (exact) mass is 434 g/mol. The van der Waals surface area contributed by atoms with Gasteiger partial charge < -0.3 is 24.0 Å². The summed E-state index contributed by atoms with van der Waals surface area (Å²) in [6.07, 6.45) is -0.684. The molecule has 1 N–H and O–H groups in total. The molecule has 0 saturated carbocycles. The summed E-state index contributed by atoms with van der Waals surface area (Å²) in [7, 11) is 0. The van der Waals surface area contributed by atoms with E-state index in [1.54, 1.807) is 29.0 Å². The molecule has 31 heavy (non-hydrogen) atoms. The van der Waals surface area contributed by atoms with Crippen molar-refractivity contribution in [2.75, 3.05) is 29.6 Å². The Morgan fingerprint density at radius 2 is 2.10 bits per heavy atom. The van der Waals surface area contributed by atoms with Gasteiger partial charge >= 0.3 is 12.1 Å². The molecular weight excluding hydrogens is 414 g/mol. The molecule has 0 aliphatic carbocycles. The smallest absolute Gasteiger partial charge is 0.416 e. The van der Waals surface area contributed by atoms with E-state index in [0.29, 0.717) is 43.3 Å². The third kappa shape index (κ3) is 3.24. The van der Waals surface area contributed by atoms with Crippen LogP contribution in [0.5, 0.6) is 5.75 Å². The minimum atomic E-state index is -2.76. The van der Waals surface area contributed by atoms with E-state index in [1.165, 1.54) is 0 Å². The molecule has 3 aliphatic heterocycles. The molecule has 0 radical (unpaired) electrons. The standard InChI is InChI=1S/C20H20F2N4O5/c21-17(22)14-10-31-20(29)26(14)16-9-24-6-7-30-15-8-11(3-4-12(15)18(24)23-16)25-5-1-2-13(25)19(27)28/h3-4,8-9,13-14,17H,1-2,5-7,10H2,(H,27,28)/t13-,14-/m0/s1. The van der Waals surface area contributed by atoms with Gasteiger partial charge in [0, 0.05) is 24.5 Å². The van der Waals surface area contributed by atoms with Crippen molar-refractivity contribution in [3.05, 3.63) is 24.4 Å². The van der Waals surface area contributed by atoms with Gasteiger partial charge in [0.15, 0.2) is 5.82 Å². The molecule has 0 unspecified atom stereocenters. The lowest BCUT2D eigenvalue weighted by Crippen LogP contribution is -2.38. The van der Waals surface area contributed by atoms with Crippen molar-refractivity contribution in [3.8, 4) is 17.1 Å². The van der Waals surface area contributed by atoms with Crippen LogP contribution in [-0.4, -0.2) is 65.0 Å². The first-order valence-corrected chi connectivity index (χ1v) is 10.0. The van der Waals surface area contributed by atoms with Crippen molar-refractivity contribution >= 4 is 23.6 Å². The molecule has 164 valence electrons. The highest BCUT2D eigenvalue weighted by molar-refractivity contribution is 5.90. The van der Waals surface area contributed by atoms with Crippen molar-refractivity contribution in [1.82, 2.24) is 9.55 Å². The Morgan fingerprint density at radius 3 is 2.87 bits per heavy atom.